The van der Waals surface area contributed by atoms with E-state index in [1.54, 1.807) is 28.6 Å². The first kappa shape index (κ1) is 18.5. The number of hydrogen-bond acceptors (Lipinski definition) is 4. The number of pyridine rings is 1. The zero-order valence-corrected chi connectivity index (χ0v) is 16.2. The Kier molecular flexibility index (Phi) is 5.29. The molecule has 1 amide bonds. The predicted octanol–water partition coefficient (Wildman–Crippen LogP) is 3.43. The Bertz CT molecular complexity index is 1120. The van der Waals surface area contributed by atoms with Crippen molar-refractivity contribution in [3.63, 3.8) is 0 Å². The van der Waals surface area contributed by atoms with Crippen LogP contribution in [0, 0.1) is 5.82 Å². The average molecular weight is 397 g/mol. The van der Waals surface area contributed by atoms with Gasteiger partial charge in [-0.3, -0.25) is 9.20 Å². The lowest BCUT2D eigenvalue weighted by atomic mass is 10.2. The lowest BCUT2D eigenvalue weighted by Gasteiger charge is -2.17. The molecular formula is C20H20FN5OS. The maximum Gasteiger partial charge on any atom is 0.240 e. The molecule has 0 aliphatic rings. The van der Waals surface area contributed by atoms with Gasteiger partial charge in [0.2, 0.25) is 5.91 Å². The first-order valence-electron chi connectivity index (χ1n) is 8.98. The number of aromatic nitrogens is 4. The van der Waals surface area contributed by atoms with Crippen molar-refractivity contribution in [2.45, 2.75) is 19.0 Å². The lowest BCUT2D eigenvalue weighted by molar-refractivity contribution is -0.122. The highest BCUT2D eigenvalue weighted by Gasteiger charge is 2.20. The van der Waals surface area contributed by atoms with E-state index in [1.165, 1.54) is 12.1 Å². The molecule has 4 rings (SSSR count). The zero-order chi connectivity index (χ0) is 19.5. The van der Waals surface area contributed by atoms with Gasteiger partial charge in [-0.1, -0.05) is 6.07 Å². The fourth-order valence-electron chi connectivity index (χ4n) is 3.29. The summed E-state index contributed by atoms with van der Waals surface area (Å²) in [6.07, 6.45) is 6.46. The molecular weight excluding hydrogens is 377 g/mol. The van der Waals surface area contributed by atoms with Crippen molar-refractivity contribution in [1.29, 1.82) is 0 Å². The summed E-state index contributed by atoms with van der Waals surface area (Å²) in [6, 6.07) is 11.9. The molecule has 3 aromatic heterocycles. The summed E-state index contributed by atoms with van der Waals surface area (Å²) >= 11 is 1.71. The molecule has 3 heterocycles. The number of nitrogens with one attached hydrogen (secondary N) is 1. The highest BCUT2D eigenvalue weighted by atomic mass is 32.2. The monoisotopic (exact) mass is 397 g/mol. The van der Waals surface area contributed by atoms with Crippen molar-refractivity contribution < 1.29 is 9.18 Å². The summed E-state index contributed by atoms with van der Waals surface area (Å²) in [5.74, 6) is 1.12. The van der Waals surface area contributed by atoms with Gasteiger partial charge in [-0.2, -0.15) is 11.8 Å². The van der Waals surface area contributed by atoms with Crippen molar-refractivity contribution in [3.8, 4) is 0 Å². The molecule has 0 fully saturated rings. The molecule has 0 saturated heterocycles. The fourth-order valence-corrected chi connectivity index (χ4v) is 3.76. The molecule has 0 spiro atoms. The summed E-state index contributed by atoms with van der Waals surface area (Å²) in [5, 5.41) is 12.5. The van der Waals surface area contributed by atoms with Gasteiger partial charge in [0.15, 0.2) is 11.5 Å². The van der Waals surface area contributed by atoms with E-state index in [4.69, 9.17) is 0 Å². The molecule has 8 heteroatoms. The smallest absolute Gasteiger partial charge is 0.240 e. The number of fused-ring (bicyclic) bond motifs is 2. The van der Waals surface area contributed by atoms with Gasteiger partial charge in [0.05, 0.1) is 11.6 Å². The van der Waals surface area contributed by atoms with Gasteiger partial charge >= 0.3 is 0 Å². The van der Waals surface area contributed by atoms with Gasteiger partial charge in [-0.25, -0.2) is 4.39 Å². The Hall–Kier alpha value is -2.87. The van der Waals surface area contributed by atoms with Crippen molar-refractivity contribution in [2.75, 3.05) is 12.0 Å². The molecule has 1 aromatic carbocycles. The van der Waals surface area contributed by atoms with Crippen molar-refractivity contribution in [2.24, 2.45) is 0 Å². The largest absolute Gasteiger partial charge is 0.344 e. The molecule has 0 bridgehead atoms. The van der Waals surface area contributed by atoms with E-state index < -0.39 is 0 Å². The summed E-state index contributed by atoms with van der Waals surface area (Å²) in [6.45, 7) is 0.111. The van der Waals surface area contributed by atoms with Crippen molar-refractivity contribution in [3.05, 3.63) is 66.5 Å². The normalized spacial score (nSPS) is 12.5. The Morgan fingerprint density at radius 3 is 2.96 bits per heavy atom. The minimum Gasteiger partial charge on any atom is -0.344 e. The molecule has 0 unspecified atom stereocenters. The Labute approximate surface area is 165 Å². The molecule has 4 aromatic rings. The van der Waals surface area contributed by atoms with E-state index in [-0.39, 0.29) is 24.3 Å². The number of benzene rings is 1. The highest BCUT2D eigenvalue weighted by Crippen LogP contribution is 2.20. The SMILES string of the molecule is CSCC[C@@H](NC(=O)Cn1ccc2ccc(F)cc21)c1nnc2ccccn12. The quantitative estimate of drug-likeness (QED) is 0.519. The van der Waals surface area contributed by atoms with Crippen LogP contribution in [0.3, 0.4) is 0 Å². The maximum absolute atomic E-state index is 13.6. The second-order valence-corrected chi connectivity index (χ2v) is 7.52. The standard InChI is InChI=1S/C20H20FN5OS/c1-28-11-8-16(20-24-23-18-4-2-3-9-26(18)20)22-19(27)13-25-10-7-14-5-6-15(21)12-17(14)25/h2-7,9-10,12,16H,8,11,13H2,1H3,(H,22,27)/t16-/m1/s1. The lowest BCUT2D eigenvalue weighted by Crippen LogP contribution is -2.33. The van der Waals surface area contributed by atoms with Crippen LogP contribution < -0.4 is 5.32 Å². The molecule has 1 N–H and O–H groups in total. The van der Waals surface area contributed by atoms with E-state index in [0.717, 1.165) is 23.2 Å². The van der Waals surface area contributed by atoms with Crippen LogP contribution in [0.25, 0.3) is 16.6 Å². The van der Waals surface area contributed by atoms with E-state index in [2.05, 4.69) is 15.5 Å². The van der Waals surface area contributed by atoms with Gasteiger partial charge in [0.25, 0.3) is 0 Å². The van der Waals surface area contributed by atoms with Crippen LogP contribution in [-0.4, -0.2) is 37.1 Å². The van der Waals surface area contributed by atoms with Crippen molar-refractivity contribution in [1.82, 2.24) is 24.5 Å². The third kappa shape index (κ3) is 3.73. The van der Waals surface area contributed by atoms with E-state index in [1.807, 2.05) is 41.1 Å². The number of halogens is 1. The van der Waals surface area contributed by atoms with E-state index in [0.29, 0.717) is 11.3 Å². The van der Waals surface area contributed by atoms with Crippen LogP contribution >= 0.6 is 11.8 Å². The van der Waals surface area contributed by atoms with Crippen LogP contribution in [-0.2, 0) is 11.3 Å². The van der Waals surface area contributed by atoms with Crippen molar-refractivity contribution >= 4 is 34.2 Å². The minimum atomic E-state index is -0.319. The maximum atomic E-state index is 13.6. The summed E-state index contributed by atoms with van der Waals surface area (Å²) in [7, 11) is 0. The molecule has 144 valence electrons. The van der Waals surface area contributed by atoms with Crippen LogP contribution in [0.15, 0.2) is 54.9 Å². The third-order valence-corrected chi connectivity index (χ3v) is 5.29. The molecule has 0 radical (unpaired) electrons. The molecule has 6 nitrogen and oxygen atoms in total. The van der Waals surface area contributed by atoms with Crippen LogP contribution in [0.2, 0.25) is 0 Å². The first-order valence-corrected chi connectivity index (χ1v) is 10.4. The number of nitrogens with zero attached hydrogens (tertiary/aromatic N) is 4. The number of hydrogen-bond donors (Lipinski definition) is 1. The Morgan fingerprint density at radius 1 is 1.21 bits per heavy atom. The number of amides is 1. The summed E-state index contributed by atoms with van der Waals surface area (Å²) in [5.41, 5.74) is 1.44. The third-order valence-electron chi connectivity index (χ3n) is 4.65. The molecule has 0 saturated carbocycles. The highest BCUT2D eigenvalue weighted by molar-refractivity contribution is 7.98. The minimum absolute atomic E-state index is 0.111. The second kappa shape index (κ2) is 8.02. The van der Waals surface area contributed by atoms with E-state index in [9.17, 15) is 9.18 Å². The van der Waals surface area contributed by atoms with Crippen LogP contribution in [0.4, 0.5) is 4.39 Å². The van der Waals surface area contributed by atoms with Crippen LogP contribution in [0.5, 0.6) is 0 Å². The summed E-state index contributed by atoms with van der Waals surface area (Å²) < 4.78 is 17.2. The van der Waals surface area contributed by atoms with Crippen LogP contribution in [0.1, 0.15) is 18.3 Å². The van der Waals surface area contributed by atoms with Gasteiger partial charge in [-0.15, -0.1) is 10.2 Å². The zero-order valence-electron chi connectivity index (χ0n) is 15.4. The Morgan fingerprint density at radius 2 is 2.11 bits per heavy atom. The van der Waals surface area contributed by atoms with Gasteiger partial charge < -0.3 is 9.88 Å². The van der Waals surface area contributed by atoms with Gasteiger partial charge in [-0.05, 0) is 60.2 Å². The fraction of sp³-hybridized carbons (Fsp3) is 0.250. The topological polar surface area (TPSA) is 64.2 Å². The number of rotatable bonds is 7. The molecule has 1 atom stereocenters. The Balaban J connectivity index is 1.56. The number of carbonyl (C=O) groups excluding carboxylic acids is 1. The molecule has 0 aliphatic heterocycles. The molecule has 0 aliphatic carbocycles. The number of carbonyl (C=O) groups is 1. The van der Waals surface area contributed by atoms with E-state index >= 15 is 0 Å². The second-order valence-electron chi connectivity index (χ2n) is 6.54. The summed E-state index contributed by atoms with van der Waals surface area (Å²) in [4.78, 5) is 12.8. The van der Waals surface area contributed by atoms with Gasteiger partial charge in [0, 0.05) is 12.4 Å². The van der Waals surface area contributed by atoms with Gasteiger partial charge in [0.1, 0.15) is 12.4 Å². The average Bonchev–Trinajstić information content (AvgIpc) is 3.29. The predicted molar refractivity (Wildman–Crippen MR) is 109 cm³/mol. The molecule has 28 heavy (non-hydrogen) atoms. The first-order chi connectivity index (χ1) is 13.7. The number of thioether (sulfide) groups is 1.